The summed E-state index contributed by atoms with van der Waals surface area (Å²) in [7, 11) is 0. The van der Waals surface area contributed by atoms with Crippen molar-refractivity contribution in [2.24, 2.45) is 0 Å². The van der Waals surface area contributed by atoms with E-state index in [2.05, 4.69) is 15.4 Å². The predicted molar refractivity (Wildman–Crippen MR) is 52.6 cm³/mol. The lowest BCUT2D eigenvalue weighted by Gasteiger charge is -1.97. The van der Waals surface area contributed by atoms with Crippen molar-refractivity contribution in [1.29, 1.82) is 0 Å². The number of aliphatic hydroxyl groups excluding tert-OH is 1. The first-order valence-corrected chi connectivity index (χ1v) is 4.47. The van der Waals surface area contributed by atoms with Crippen molar-refractivity contribution in [2.45, 2.75) is 6.42 Å². The molecule has 0 saturated carbocycles. The number of nitrogens with zero attached hydrogens (tertiary/aromatic N) is 2. The number of aliphatic hydroxyl groups is 1. The molecule has 0 aliphatic heterocycles. The number of hydrogen-bond donors (Lipinski definition) is 2. The quantitative estimate of drug-likeness (QED) is 0.757. The van der Waals surface area contributed by atoms with Gasteiger partial charge in [-0.05, 0) is 0 Å². The van der Waals surface area contributed by atoms with Crippen LogP contribution in [0.2, 0.25) is 0 Å². The molecule has 0 saturated heterocycles. The number of nitrogens with one attached hydrogen (secondary N) is 1. The molecule has 0 aliphatic rings. The average molecular weight is 189 g/mol. The number of rotatable bonds is 3. The minimum Gasteiger partial charge on any atom is -0.396 e. The molecule has 0 bridgehead atoms. The molecule has 2 N–H and O–H groups in total. The highest BCUT2D eigenvalue weighted by atomic mass is 16.3. The van der Waals surface area contributed by atoms with Crippen LogP contribution in [0.25, 0.3) is 11.3 Å². The third-order valence-corrected chi connectivity index (χ3v) is 2.02. The Balaban J connectivity index is 2.37. The number of aromatic nitrogens is 3. The Labute approximate surface area is 81.6 Å². The van der Waals surface area contributed by atoms with Gasteiger partial charge < -0.3 is 5.11 Å². The van der Waals surface area contributed by atoms with Crippen molar-refractivity contribution < 1.29 is 5.11 Å². The summed E-state index contributed by atoms with van der Waals surface area (Å²) < 4.78 is 0. The van der Waals surface area contributed by atoms with Crippen molar-refractivity contribution in [1.82, 2.24) is 15.4 Å². The number of aromatic amines is 1. The van der Waals surface area contributed by atoms with E-state index in [1.807, 2.05) is 30.3 Å². The standard InChI is InChI=1S/C10H11N3O/c14-7-6-9-10(12-13-11-9)8-4-2-1-3-5-8/h1-5,14H,6-7H2,(H,11,12,13). The van der Waals surface area contributed by atoms with Gasteiger partial charge in [-0.15, -0.1) is 0 Å². The fraction of sp³-hybridized carbons (Fsp3) is 0.200. The Kier molecular flexibility index (Phi) is 2.55. The molecule has 0 fully saturated rings. The lowest BCUT2D eigenvalue weighted by molar-refractivity contribution is 0.298. The molecule has 1 heterocycles. The lowest BCUT2D eigenvalue weighted by Crippen LogP contribution is -1.93. The van der Waals surface area contributed by atoms with Gasteiger partial charge in [0.25, 0.3) is 0 Å². The van der Waals surface area contributed by atoms with Crippen LogP contribution in [0.5, 0.6) is 0 Å². The summed E-state index contributed by atoms with van der Waals surface area (Å²) in [6.45, 7) is 0.0896. The van der Waals surface area contributed by atoms with E-state index in [4.69, 9.17) is 5.11 Å². The predicted octanol–water partition coefficient (Wildman–Crippen LogP) is 1.01. The van der Waals surface area contributed by atoms with Gasteiger partial charge in [-0.1, -0.05) is 30.3 Å². The van der Waals surface area contributed by atoms with Gasteiger partial charge in [0.15, 0.2) is 0 Å². The number of benzene rings is 1. The second-order valence-corrected chi connectivity index (χ2v) is 2.96. The lowest BCUT2D eigenvalue weighted by atomic mass is 10.1. The Morgan fingerprint density at radius 3 is 2.64 bits per heavy atom. The summed E-state index contributed by atoms with van der Waals surface area (Å²) in [6.07, 6.45) is 0.528. The van der Waals surface area contributed by atoms with Crippen LogP contribution >= 0.6 is 0 Å². The summed E-state index contributed by atoms with van der Waals surface area (Å²) >= 11 is 0. The summed E-state index contributed by atoms with van der Waals surface area (Å²) in [5, 5.41) is 19.4. The van der Waals surface area contributed by atoms with Crippen LogP contribution < -0.4 is 0 Å². The fourth-order valence-electron chi connectivity index (χ4n) is 1.36. The van der Waals surface area contributed by atoms with E-state index in [0.29, 0.717) is 6.42 Å². The molecule has 0 radical (unpaired) electrons. The van der Waals surface area contributed by atoms with Crippen LogP contribution in [-0.2, 0) is 6.42 Å². The molecule has 0 atom stereocenters. The van der Waals surface area contributed by atoms with E-state index in [1.54, 1.807) is 0 Å². The highest BCUT2D eigenvalue weighted by Crippen LogP contribution is 2.18. The molecule has 0 unspecified atom stereocenters. The normalized spacial score (nSPS) is 10.4. The molecule has 72 valence electrons. The molecule has 2 rings (SSSR count). The van der Waals surface area contributed by atoms with Crippen LogP contribution in [0.15, 0.2) is 30.3 Å². The van der Waals surface area contributed by atoms with Gasteiger partial charge in [0.2, 0.25) is 0 Å². The van der Waals surface area contributed by atoms with Crippen LogP contribution in [0, 0.1) is 0 Å². The summed E-state index contributed by atoms with van der Waals surface area (Å²) in [4.78, 5) is 0. The molecule has 4 nitrogen and oxygen atoms in total. The summed E-state index contributed by atoms with van der Waals surface area (Å²) in [5.74, 6) is 0. The van der Waals surface area contributed by atoms with Crippen molar-refractivity contribution in [3.63, 3.8) is 0 Å². The van der Waals surface area contributed by atoms with Crippen molar-refractivity contribution in [3.8, 4) is 11.3 Å². The van der Waals surface area contributed by atoms with Gasteiger partial charge in [-0.3, -0.25) is 0 Å². The monoisotopic (exact) mass is 189 g/mol. The topological polar surface area (TPSA) is 61.8 Å². The maximum Gasteiger partial charge on any atom is 0.116 e. The maximum absolute atomic E-state index is 8.83. The van der Waals surface area contributed by atoms with E-state index in [9.17, 15) is 0 Å². The molecule has 1 aromatic carbocycles. The Bertz CT molecular complexity index is 397. The Hall–Kier alpha value is -1.68. The van der Waals surface area contributed by atoms with E-state index < -0.39 is 0 Å². The largest absolute Gasteiger partial charge is 0.396 e. The molecular weight excluding hydrogens is 178 g/mol. The van der Waals surface area contributed by atoms with Gasteiger partial charge in [-0.25, -0.2) is 0 Å². The minimum absolute atomic E-state index is 0.0896. The average Bonchev–Trinajstić information content (AvgIpc) is 2.68. The van der Waals surface area contributed by atoms with Crippen LogP contribution in [0.1, 0.15) is 5.69 Å². The highest BCUT2D eigenvalue weighted by Gasteiger charge is 2.08. The molecule has 0 aliphatic carbocycles. The van der Waals surface area contributed by atoms with Crippen LogP contribution in [0.3, 0.4) is 0 Å². The number of H-pyrrole nitrogens is 1. The molecule has 2 aromatic rings. The third-order valence-electron chi connectivity index (χ3n) is 2.02. The first kappa shape index (κ1) is 8.90. The van der Waals surface area contributed by atoms with E-state index in [-0.39, 0.29) is 6.61 Å². The van der Waals surface area contributed by atoms with Gasteiger partial charge in [0.1, 0.15) is 5.69 Å². The van der Waals surface area contributed by atoms with Crippen molar-refractivity contribution in [3.05, 3.63) is 36.0 Å². The van der Waals surface area contributed by atoms with Gasteiger partial charge >= 0.3 is 0 Å². The zero-order chi connectivity index (χ0) is 9.80. The van der Waals surface area contributed by atoms with Crippen molar-refractivity contribution >= 4 is 0 Å². The smallest absolute Gasteiger partial charge is 0.116 e. The second kappa shape index (κ2) is 4.02. The minimum atomic E-state index is 0.0896. The molecular formula is C10H11N3O. The van der Waals surface area contributed by atoms with Crippen LogP contribution in [0.4, 0.5) is 0 Å². The van der Waals surface area contributed by atoms with Gasteiger partial charge in [-0.2, -0.15) is 15.4 Å². The SMILES string of the molecule is OCCc1n[nH]nc1-c1ccccc1. The van der Waals surface area contributed by atoms with Crippen LogP contribution in [-0.4, -0.2) is 27.1 Å². The number of hydrogen-bond acceptors (Lipinski definition) is 3. The molecule has 0 spiro atoms. The van der Waals surface area contributed by atoms with Gasteiger partial charge in [0, 0.05) is 18.6 Å². The zero-order valence-electron chi connectivity index (χ0n) is 7.64. The second-order valence-electron chi connectivity index (χ2n) is 2.96. The van der Waals surface area contributed by atoms with E-state index in [1.165, 1.54) is 0 Å². The molecule has 1 aromatic heterocycles. The summed E-state index contributed by atoms with van der Waals surface area (Å²) in [6, 6.07) is 9.80. The highest BCUT2D eigenvalue weighted by molar-refractivity contribution is 5.60. The van der Waals surface area contributed by atoms with Gasteiger partial charge in [0.05, 0.1) is 5.69 Å². The first-order chi connectivity index (χ1) is 6.92. The molecule has 0 amide bonds. The molecule has 4 heteroatoms. The van der Waals surface area contributed by atoms with Crippen molar-refractivity contribution in [2.75, 3.05) is 6.61 Å². The Morgan fingerprint density at radius 1 is 1.14 bits per heavy atom. The van der Waals surface area contributed by atoms with E-state index in [0.717, 1.165) is 17.0 Å². The zero-order valence-corrected chi connectivity index (χ0v) is 7.64. The fourth-order valence-corrected chi connectivity index (χ4v) is 1.36. The third kappa shape index (κ3) is 1.65. The summed E-state index contributed by atoms with van der Waals surface area (Å²) in [5.41, 5.74) is 2.64. The maximum atomic E-state index is 8.83. The Morgan fingerprint density at radius 2 is 1.93 bits per heavy atom. The van der Waals surface area contributed by atoms with E-state index >= 15 is 0 Å². The first-order valence-electron chi connectivity index (χ1n) is 4.47. The molecule has 14 heavy (non-hydrogen) atoms.